The van der Waals surface area contributed by atoms with E-state index in [0.717, 1.165) is 85.8 Å². The van der Waals surface area contributed by atoms with Crippen LogP contribution >= 0.6 is 0 Å². The number of aromatic nitrogens is 4. The van der Waals surface area contributed by atoms with Crippen molar-refractivity contribution in [2.45, 2.75) is 19.4 Å². The van der Waals surface area contributed by atoms with Crippen molar-refractivity contribution in [2.75, 3.05) is 39.5 Å². The van der Waals surface area contributed by atoms with Crippen molar-refractivity contribution in [3.63, 3.8) is 0 Å². The largest absolute Gasteiger partial charge is 0.492 e. The summed E-state index contributed by atoms with van der Waals surface area (Å²) in [4.78, 5) is 11.6. The van der Waals surface area contributed by atoms with Crippen LogP contribution in [0, 0.1) is 0 Å². The third-order valence-corrected chi connectivity index (χ3v) is 6.51. The van der Waals surface area contributed by atoms with Crippen LogP contribution in [-0.4, -0.2) is 64.1 Å². The Balaban J connectivity index is 1.32. The van der Waals surface area contributed by atoms with Crippen molar-refractivity contribution in [3.8, 4) is 28.3 Å². The van der Waals surface area contributed by atoms with E-state index in [0.29, 0.717) is 6.61 Å². The van der Waals surface area contributed by atoms with E-state index in [1.807, 2.05) is 36.7 Å². The predicted molar refractivity (Wildman–Crippen MR) is 127 cm³/mol. The lowest BCUT2D eigenvalue weighted by Gasteiger charge is -2.26. The lowest BCUT2D eigenvalue weighted by Crippen LogP contribution is -2.38. The molecule has 0 amide bonds. The Morgan fingerprint density at radius 3 is 2.79 bits per heavy atom. The van der Waals surface area contributed by atoms with E-state index in [1.54, 1.807) is 0 Å². The number of aryl methyl sites for hydroxylation is 1. The number of morpholine rings is 1. The van der Waals surface area contributed by atoms with Crippen molar-refractivity contribution in [2.24, 2.45) is 0 Å². The number of benzene rings is 1. The van der Waals surface area contributed by atoms with Crippen molar-refractivity contribution >= 4 is 10.9 Å². The highest BCUT2D eigenvalue weighted by molar-refractivity contribution is 5.99. The fourth-order valence-electron chi connectivity index (χ4n) is 4.85. The molecule has 3 aromatic heterocycles. The number of rotatable bonds is 6. The smallest absolute Gasteiger partial charge is 0.121 e. The van der Waals surface area contributed by atoms with E-state index in [1.165, 1.54) is 11.3 Å². The lowest BCUT2D eigenvalue weighted by atomic mass is 9.96. The zero-order valence-corrected chi connectivity index (χ0v) is 18.6. The van der Waals surface area contributed by atoms with Crippen molar-refractivity contribution in [3.05, 3.63) is 60.6 Å². The summed E-state index contributed by atoms with van der Waals surface area (Å²) < 4.78 is 13.6. The van der Waals surface area contributed by atoms with E-state index in [-0.39, 0.29) is 0 Å². The molecular formula is C26H27N5O2. The quantitative estimate of drug-likeness (QED) is 0.453. The summed E-state index contributed by atoms with van der Waals surface area (Å²) in [6.07, 6.45) is 5.87. The Bertz CT molecular complexity index is 1260. The van der Waals surface area contributed by atoms with Gasteiger partial charge in [0.1, 0.15) is 18.1 Å². The van der Waals surface area contributed by atoms with Crippen molar-refractivity contribution < 1.29 is 9.47 Å². The summed E-state index contributed by atoms with van der Waals surface area (Å²) in [6.45, 7) is 6.08. The molecule has 7 nitrogen and oxygen atoms in total. The maximum atomic E-state index is 6.07. The Morgan fingerprint density at radius 2 is 1.91 bits per heavy atom. The van der Waals surface area contributed by atoms with Gasteiger partial charge in [0.05, 0.1) is 24.4 Å². The number of nitrogens with zero attached hydrogens (tertiary/aromatic N) is 5. The van der Waals surface area contributed by atoms with Crippen molar-refractivity contribution in [1.29, 1.82) is 0 Å². The fourth-order valence-corrected chi connectivity index (χ4v) is 4.85. The minimum atomic E-state index is 0.659. The number of fused-ring (bicyclic) bond motifs is 2. The van der Waals surface area contributed by atoms with Crippen LogP contribution in [0.3, 0.4) is 0 Å². The molecule has 0 aliphatic carbocycles. The molecule has 168 valence electrons. The van der Waals surface area contributed by atoms with E-state index in [2.05, 4.69) is 37.7 Å². The van der Waals surface area contributed by atoms with Gasteiger partial charge in [-0.05, 0) is 48.7 Å². The molecule has 0 bridgehead atoms. The van der Waals surface area contributed by atoms with Gasteiger partial charge in [0.15, 0.2) is 0 Å². The molecule has 0 radical (unpaired) electrons. The monoisotopic (exact) mass is 441 g/mol. The average molecular weight is 442 g/mol. The van der Waals surface area contributed by atoms with Crippen LogP contribution in [0.1, 0.15) is 12.1 Å². The second kappa shape index (κ2) is 8.92. The average Bonchev–Trinajstić information content (AvgIpc) is 3.46. The van der Waals surface area contributed by atoms with E-state index >= 15 is 0 Å². The molecule has 33 heavy (non-hydrogen) atoms. The van der Waals surface area contributed by atoms with Crippen LogP contribution in [-0.2, 0) is 17.7 Å². The summed E-state index contributed by atoms with van der Waals surface area (Å²) >= 11 is 0. The fraction of sp³-hybridized carbons (Fsp3) is 0.346. The van der Waals surface area contributed by atoms with E-state index in [9.17, 15) is 0 Å². The molecule has 0 spiro atoms. The summed E-state index contributed by atoms with van der Waals surface area (Å²) in [7, 11) is 0. The first-order valence-electron chi connectivity index (χ1n) is 11.7. The summed E-state index contributed by atoms with van der Waals surface area (Å²) in [5.41, 5.74) is 6.41. The second-order valence-corrected chi connectivity index (χ2v) is 8.55. The molecule has 0 saturated carbocycles. The maximum absolute atomic E-state index is 6.07. The second-order valence-electron chi connectivity index (χ2n) is 8.55. The van der Waals surface area contributed by atoms with Crippen LogP contribution in [0.25, 0.3) is 33.4 Å². The highest BCUT2D eigenvalue weighted by atomic mass is 16.5. The lowest BCUT2D eigenvalue weighted by molar-refractivity contribution is 0.0322. The summed E-state index contributed by atoms with van der Waals surface area (Å²) in [5, 5.41) is 6.05. The zero-order valence-electron chi connectivity index (χ0n) is 18.6. The van der Waals surface area contributed by atoms with Gasteiger partial charge in [-0.25, -0.2) is 0 Å². The molecule has 7 heteroatoms. The first-order chi connectivity index (χ1) is 16.4. The van der Waals surface area contributed by atoms with Gasteiger partial charge in [0.2, 0.25) is 0 Å². The topological polar surface area (TPSA) is 65.3 Å². The molecule has 5 heterocycles. The maximum Gasteiger partial charge on any atom is 0.121 e. The van der Waals surface area contributed by atoms with E-state index < -0.39 is 0 Å². The number of hydrogen-bond acceptors (Lipinski definition) is 6. The Kier molecular flexibility index (Phi) is 5.49. The zero-order chi connectivity index (χ0) is 22.0. The number of pyridine rings is 2. The Morgan fingerprint density at radius 1 is 0.970 bits per heavy atom. The molecular weight excluding hydrogens is 414 g/mol. The van der Waals surface area contributed by atoms with Gasteiger partial charge >= 0.3 is 0 Å². The minimum absolute atomic E-state index is 0.659. The highest BCUT2D eigenvalue weighted by Gasteiger charge is 2.25. The van der Waals surface area contributed by atoms with Gasteiger partial charge in [0.25, 0.3) is 0 Å². The third-order valence-electron chi connectivity index (χ3n) is 6.51. The molecule has 0 N–H and O–H groups in total. The normalized spacial score (nSPS) is 16.2. The predicted octanol–water partition coefficient (Wildman–Crippen LogP) is 3.82. The Labute approximate surface area is 193 Å². The molecule has 1 saturated heterocycles. The first-order valence-corrected chi connectivity index (χ1v) is 11.7. The molecule has 6 rings (SSSR count). The van der Waals surface area contributed by atoms with Gasteiger partial charge in [-0.3, -0.25) is 19.5 Å². The van der Waals surface area contributed by atoms with Crippen LogP contribution < -0.4 is 4.74 Å². The molecule has 2 aliphatic rings. The Hall–Kier alpha value is -3.29. The van der Waals surface area contributed by atoms with Crippen LogP contribution in [0.2, 0.25) is 0 Å². The number of ether oxygens (including phenoxy) is 2. The van der Waals surface area contributed by atoms with Crippen molar-refractivity contribution in [1.82, 2.24) is 24.6 Å². The number of hydrogen-bond donors (Lipinski definition) is 0. The van der Waals surface area contributed by atoms with Gasteiger partial charge in [-0.15, -0.1) is 0 Å². The van der Waals surface area contributed by atoms with Gasteiger partial charge in [0, 0.05) is 61.3 Å². The SMILES string of the molecule is c1ccc(-c2nn3c(c2-c2ccnc4cc(OCCN5CCOCC5)ccc24)CCC3)nc1. The molecule has 1 fully saturated rings. The molecule has 4 aromatic rings. The van der Waals surface area contributed by atoms with Gasteiger partial charge in [-0.2, -0.15) is 5.10 Å². The first kappa shape index (κ1) is 20.3. The van der Waals surface area contributed by atoms with Crippen LogP contribution in [0.15, 0.2) is 54.9 Å². The minimum Gasteiger partial charge on any atom is -0.492 e. The van der Waals surface area contributed by atoms with E-state index in [4.69, 9.17) is 14.6 Å². The molecule has 1 aromatic carbocycles. The highest BCUT2D eigenvalue weighted by Crippen LogP contribution is 2.40. The van der Waals surface area contributed by atoms with Crippen LogP contribution in [0.5, 0.6) is 5.75 Å². The molecule has 0 unspecified atom stereocenters. The molecule has 0 atom stereocenters. The van der Waals surface area contributed by atoms with Crippen LogP contribution in [0.4, 0.5) is 0 Å². The summed E-state index contributed by atoms with van der Waals surface area (Å²) in [6, 6.07) is 14.3. The standard InChI is InChI=1S/C26H27N5O2/c1-2-9-27-22(4-1)26-25(24-5-3-11-31(24)29-26)21-8-10-28-23-18-19(6-7-20(21)23)33-17-14-30-12-15-32-16-13-30/h1-2,4,6-10,18H,3,5,11-17H2. The summed E-state index contributed by atoms with van der Waals surface area (Å²) in [5.74, 6) is 0.852. The third kappa shape index (κ3) is 3.98. The van der Waals surface area contributed by atoms with Gasteiger partial charge < -0.3 is 9.47 Å². The van der Waals surface area contributed by atoms with Gasteiger partial charge in [-0.1, -0.05) is 6.07 Å². The molecule has 2 aliphatic heterocycles.